The summed E-state index contributed by atoms with van der Waals surface area (Å²) in [4.78, 5) is 24.5. The van der Waals surface area contributed by atoms with Crippen molar-refractivity contribution in [1.82, 2.24) is 15.4 Å². The van der Waals surface area contributed by atoms with Gasteiger partial charge in [0, 0.05) is 6.42 Å². The number of ketones is 1. The van der Waals surface area contributed by atoms with E-state index in [2.05, 4.69) is 39.7 Å². The topological polar surface area (TPSA) is 111 Å². The van der Waals surface area contributed by atoms with Gasteiger partial charge < -0.3 is 10.5 Å². The number of aromatic amines is 1. The number of H-pyrrole nitrogens is 1. The van der Waals surface area contributed by atoms with Crippen molar-refractivity contribution in [2.24, 2.45) is 11.7 Å². The third kappa shape index (κ3) is 5.84. The van der Waals surface area contributed by atoms with Crippen molar-refractivity contribution in [3.8, 4) is 11.1 Å². The van der Waals surface area contributed by atoms with E-state index in [4.69, 9.17) is 10.5 Å². The highest BCUT2D eigenvalue weighted by atomic mass is 16.5. The van der Waals surface area contributed by atoms with Gasteiger partial charge in [0.1, 0.15) is 11.7 Å². The maximum atomic E-state index is 12.5. The molecule has 156 valence electrons. The van der Waals surface area contributed by atoms with Crippen LogP contribution in [0.5, 0.6) is 0 Å². The Kier molecular flexibility index (Phi) is 7.45. The Morgan fingerprint density at radius 2 is 1.77 bits per heavy atom. The van der Waals surface area contributed by atoms with E-state index in [1.54, 1.807) is 6.92 Å². The molecule has 2 aromatic carbocycles. The lowest BCUT2D eigenvalue weighted by molar-refractivity contribution is -0.145. The molecule has 3 N–H and O–H groups in total. The molecule has 0 aliphatic heterocycles. The molecule has 0 radical (unpaired) electrons. The molecule has 0 unspecified atom stereocenters. The number of hydrogen-bond acceptors (Lipinski definition) is 6. The van der Waals surface area contributed by atoms with Gasteiger partial charge in [0.25, 0.3) is 0 Å². The molecular formula is C23H26N4O3. The lowest BCUT2D eigenvalue weighted by Gasteiger charge is -2.19. The van der Waals surface area contributed by atoms with Crippen LogP contribution in [0.25, 0.3) is 11.1 Å². The molecule has 2 atom stereocenters. The summed E-state index contributed by atoms with van der Waals surface area (Å²) in [5, 5.41) is 10.00. The van der Waals surface area contributed by atoms with Gasteiger partial charge >= 0.3 is 5.97 Å². The number of nitrogens with two attached hydrogens (primary N) is 1. The highest BCUT2D eigenvalue weighted by Crippen LogP contribution is 2.23. The van der Waals surface area contributed by atoms with Crippen molar-refractivity contribution < 1.29 is 14.3 Å². The van der Waals surface area contributed by atoms with E-state index in [-0.39, 0.29) is 30.4 Å². The molecular weight excluding hydrogens is 380 g/mol. The molecule has 7 heteroatoms. The van der Waals surface area contributed by atoms with Crippen molar-refractivity contribution >= 4 is 11.8 Å². The number of nitrogens with zero attached hydrogens (tertiary/aromatic N) is 2. The van der Waals surface area contributed by atoms with Crippen LogP contribution in [0.1, 0.15) is 35.8 Å². The minimum absolute atomic E-state index is 0.129. The summed E-state index contributed by atoms with van der Waals surface area (Å²) in [6.45, 7) is 2.01. The van der Waals surface area contributed by atoms with Gasteiger partial charge in [-0.25, -0.2) is 0 Å². The fourth-order valence-electron chi connectivity index (χ4n) is 3.44. The molecule has 1 aromatic heterocycles. The maximum Gasteiger partial charge on any atom is 0.322 e. The number of Topliss-reactive ketones (excluding diaryl/α,β-unsaturated/α-hetero) is 1. The van der Waals surface area contributed by atoms with Crippen LogP contribution in [0.15, 0.2) is 60.8 Å². The molecule has 0 spiro atoms. The average Bonchev–Trinajstić information content (AvgIpc) is 3.30. The summed E-state index contributed by atoms with van der Waals surface area (Å²) >= 11 is 0. The summed E-state index contributed by atoms with van der Waals surface area (Å²) in [6, 6.07) is 17.6. The molecule has 3 rings (SSSR count). The zero-order valence-electron chi connectivity index (χ0n) is 17.0. The predicted octanol–water partition coefficient (Wildman–Crippen LogP) is 3.18. The number of rotatable bonds is 10. The van der Waals surface area contributed by atoms with Gasteiger partial charge in [-0.1, -0.05) is 54.6 Å². The van der Waals surface area contributed by atoms with Crippen LogP contribution in [0.3, 0.4) is 0 Å². The van der Waals surface area contributed by atoms with Crippen LogP contribution >= 0.6 is 0 Å². The molecule has 0 saturated heterocycles. The normalized spacial score (nSPS) is 12.9. The molecule has 0 aliphatic carbocycles. The van der Waals surface area contributed by atoms with Crippen molar-refractivity contribution in [3.63, 3.8) is 0 Å². The molecule has 1 heterocycles. The van der Waals surface area contributed by atoms with E-state index >= 15 is 0 Å². The predicted molar refractivity (Wildman–Crippen MR) is 114 cm³/mol. The number of ether oxygens (including phenoxy) is 1. The first-order valence-corrected chi connectivity index (χ1v) is 10.0. The van der Waals surface area contributed by atoms with Crippen LogP contribution < -0.4 is 5.73 Å². The van der Waals surface area contributed by atoms with Crippen LogP contribution in [0.2, 0.25) is 0 Å². The van der Waals surface area contributed by atoms with Crippen molar-refractivity contribution in [2.45, 2.75) is 32.2 Å². The monoisotopic (exact) mass is 406 g/mol. The smallest absolute Gasteiger partial charge is 0.322 e. The standard InChI is InChI=1S/C23H26N4O3/c1-2-30-23(29)20(24)13-17(14-22(28)21-15-25-27-26-21)12-16-8-10-19(11-9-16)18-6-4-3-5-7-18/h3-11,15,17,20H,2,12-14,24H2,1H3,(H,25,26,27)/t17-,20-/m1/s1. The molecule has 0 fully saturated rings. The Morgan fingerprint density at radius 1 is 1.07 bits per heavy atom. The Bertz CT molecular complexity index is 940. The van der Waals surface area contributed by atoms with Crippen molar-refractivity contribution in [2.75, 3.05) is 6.61 Å². The summed E-state index contributed by atoms with van der Waals surface area (Å²) in [7, 11) is 0. The molecule has 0 amide bonds. The summed E-state index contributed by atoms with van der Waals surface area (Å²) in [6.07, 6.45) is 2.59. The van der Waals surface area contributed by atoms with Crippen molar-refractivity contribution in [3.05, 3.63) is 72.1 Å². The first-order chi connectivity index (χ1) is 14.6. The third-order valence-electron chi connectivity index (χ3n) is 4.94. The van der Waals surface area contributed by atoms with Crippen LogP contribution in [-0.4, -0.2) is 39.8 Å². The summed E-state index contributed by atoms with van der Waals surface area (Å²) < 4.78 is 5.02. The molecule has 30 heavy (non-hydrogen) atoms. The zero-order chi connectivity index (χ0) is 21.3. The number of esters is 1. The fourth-order valence-corrected chi connectivity index (χ4v) is 3.44. The number of nitrogens with one attached hydrogen (secondary N) is 1. The number of aromatic nitrogens is 3. The van der Waals surface area contributed by atoms with Gasteiger partial charge in [0.15, 0.2) is 5.78 Å². The Labute approximate surface area is 175 Å². The number of carbonyl (C=O) groups is 2. The highest BCUT2D eigenvalue weighted by molar-refractivity contribution is 5.94. The Morgan fingerprint density at radius 3 is 2.40 bits per heavy atom. The maximum absolute atomic E-state index is 12.5. The van der Waals surface area contributed by atoms with Gasteiger partial charge in [-0.3, -0.25) is 9.59 Å². The second-order valence-corrected chi connectivity index (χ2v) is 7.21. The van der Waals surface area contributed by atoms with Crippen LogP contribution in [0, 0.1) is 5.92 Å². The Balaban J connectivity index is 1.72. The number of hydrogen-bond donors (Lipinski definition) is 2. The Hall–Kier alpha value is -3.32. The van der Waals surface area contributed by atoms with Gasteiger partial charge in [0.2, 0.25) is 0 Å². The first kappa shape index (κ1) is 21.4. The molecule has 0 bridgehead atoms. The summed E-state index contributed by atoms with van der Waals surface area (Å²) in [5.74, 6) is -0.710. The van der Waals surface area contributed by atoms with E-state index in [0.717, 1.165) is 16.7 Å². The van der Waals surface area contributed by atoms with E-state index in [1.165, 1.54) is 6.20 Å². The number of benzene rings is 2. The van der Waals surface area contributed by atoms with Gasteiger partial charge in [0.05, 0.1) is 12.8 Å². The van der Waals surface area contributed by atoms with E-state index < -0.39 is 12.0 Å². The highest BCUT2D eigenvalue weighted by Gasteiger charge is 2.24. The number of carbonyl (C=O) groups excluding carboxylic acids is 2. The average molecular weight is 406 g/mol. The van der Waals surface area contributed by atoms with Crippen LogP contribution in [-0.2, 0) is 16.0 Å². The van der Waals surface area contributed by atoms with Crippen molar-refractivity contribution in [1.29, 1.82) is 0 Å². The quantitative estimate of drug-likeness (QED) is 0.395. The second-order valence-electron chi connectivity index (χ2n) is 7.21. The minimum atomic E-state index is -0.774. The molecule has 0 aliphatic rings. The lowest BCUT2D eigenvalue weighted by atomic mass is 9.87. The van der Waals surface area contributed by atoms with E-state index in [1.807, 2.05) is 30.3 Å². The second kappa shape index (κ2) is 10.5. The minimum Gasteiger partial charge on any atom is -0.465 e. The molecule has 3 aromatic rings. The van der Waals surface area contributed by atoms with Crippen LogP contribution in [0.4, 0.5) is 0 Å². The van der Waals surface area contributed by atoms with Gasteiger partial charge in [-0.2, -0.15) is 15.4 Å². The van der Waals surface area contributed by atoms with Gasteiger partial charge in [-0.05, 0) is 42.4 Å². The zero-order valence-corrected chi connectivity index (χ0v) is 17.0. The summed E-state index contributed by atoms with van der Waals surface area (Å²) in [5.41, 5.74) is 9.65. The first-order valence-electron chi connectivity index (χ1n) is 10.0. The lowest BCUT2D eigenvalue weighted by Crippen LogP contribution is -2.35. The fraction of sp³-hybridized carbons (Fsp3) is 0.304. The van der Waals surface area contributed by atoms with Gasteiger partial charge in [-0.15, -0.1) is 0 Å². The SMILES string of the molecule is CCOC(=O)[C@H](N)C[C@H](CC(=O)c1cn[nH]n1)Cc1ccc(-c2ccccc2)cc1. The third-order valence-corrected chi connectivity index (χ3v) is 4.94. The van der Waals surface area contributed by atoms with E-state index in [9.17, 15) is 9.59 Å². The van der Waals surface area contributed by atoms with E-state index in [0.29, 0.717) is 12.8 Å². The molecule has 0 saturated carbocycles. The molecule has 7 nitrogen and oxygen atoms in total. The largest absolute Gasteiger partial charge is 0.465 e.